The van der Waals surface area contributed by atoms with Crippen LogP contribution in [-0.2, 0) is 9.53 Å². The average Bonchev–Trinajstić information content (AvgIpc) is 3.02. The number of carbonyl (C=O) groups is 3. The Morgan fingerprint density at radius 1 is 1.15 bits per heavy atom. The number of aromatic carboxylic acids is 1. The number of rotatable bonds is 7. The number of nitrogen functional groups attached to an aromatic ring is 1. The molecule has 0 saturated carbocycles. The molecule has 3 N–H and O–H groups in total. The third-order valence-electron chi connectivity index (χ3n) is 4.84. The van der Waals surface area contributed by atoms with Crippen LogP contribution in [0.15, 0.2) is 36.5 Å². The molecule has 0 bridgehead atoms. The molecule has 2 aromatic heterocycles. The van der Waals surface area contributed by atoms with Gasteiger partial charge in [0.15, 0.2) is 12.4 Å². The molecule has 0 amide bonds. The number of fused-ring (bicyclic) bond motifs is 1. The molecule has 0 unspecified atom stereocenters. The second kappa shape index (κ2) is 8.85. The van der Waals surface area contributed by atoms with Crippen LogP contribution in [-0.4, -0.2) is 46.5 Å². The monoisotopic (exact) mass is 454 g/mol. The van der Waals surface area contributed by atoms with Crippen LogP contribution in [0, 0.1) is 6.92 Å². The minimum absolute atomic E-state index is 0.0613. The van der Waals surface area contributed by atoms with E-state index in [0.29, 0.717) is 22.6 Å². The number of hydrogen-bond donors (Lipinski definition) is 2. The molecule has 0 saturated heterocycles. The highest BCUT2D eigenvalue weighted by Gasteiger charge is 2.26. The van der Waals surface area contributed by atoms with Gasteiger partial charge in [0.2, 0.25) is 5.78 Å². The zero-order valence-corrected chi connectivity index (χ0v) is 19.1. The fraction of sp³-hybridized carbons (Fsp3) is 0.292. The van der Waals surface area contributed by atoms with Crippen molar-refractivity contribution in [2.45, 2.75) is 33.3 Å². The SMILES string of the molecule is COc1c(C)c(C(=O)c2ccc(N)c(C(=O)O)c2)n2cccc(OCC(=O)OC(C)(C)C)c12. The van der Waals surface area contributed by atoms with E-state index in [4.69, 9.17) is 19.9 Å². The van der Waals surface area contributed by atoms with Crippen molar-refractivity contribution in [1.29, 1.82) is 0 Å². The van der Waals surface area contributed by atoms with E-state index in [2.05, 4.69) is 0 Å². The van der Waals surface area contributed by atoms with Crippen LogP contribution >= 0.6 is 0 Å². The summed E-state index contributed by atoms with van der Waals surface area (Å²) in [5.41, 5.74) is 6.39. The van der Waals surface area contributed by atoms with Crippen LogP contribution in [0.4, 0.5) is 5.69 Å². The third kappa shape index (κ3) is 4.77. The number of aromatic nitrogens is 1. The molecule has 0 radical (unpaired) electrons. The maximum absolute atomic E-state index is 13.4. The molecule has 0 spiro atoms. The summed E-state index contributed by atoms with van der Waals surface area (Å²) >= 11 is 0. The van der Waals surface area contributed by atoms with Crippen molar-refractivity contribution in [2.75, 3.05) is 19.5 Å². The van der Waals surface area contributed by atoms with Crippen molar-refractivity contribution >= 4 is 28.9 Å². The molecular formula is C24H26N2O7. The van der Waals surface area contributed by atoms with E-state index in [9.17, 15) is 19.5 Å². The van der Waals surface area contributed by atoms with E-state index in [0.717, 1.165) is 0 Å². The lowest BCUT2D eigenvalue weighted by Crippen LogP contribution is -2.27. The number of benzene rings is 1. The van der Waals surface area contributed by atoms with E-state index < -0.39 is 23.3 Å². The average molecular weight is 454 g/mol. The minimum Gasteiger partial charge on any atom is -0.494 e. The first-order chi connectivity index (χ1) is 15.4. The van der Waals surface area contributed by atoms with Gasteiger partial charge in [-0.25, -0.2) is 9.59 Å². The summed E-state index contributed by atoms with van der Waals surface area (Å²) in [5.74, 6) is -1.46. The van der Waals surface area contributed by atoms with Crippen molar-refractivity contribution in [1.82, 2.24) is 4.40 Å². The number of ketones is 1. The lowest BCUT2D eigenvalue weighted by Gasteiger charge is -2.19. The van der Waals surface area contributed by atoms with Gasteiger partial charge in [-0.05, 0) is 58.0 Å². The second-order valence-electron chi connectivity index (χ2n) is 8.41. The molecule has 0 atom stereocenters. The van der Waals surface area contributed by atoms with Gasteiger partial charge >= 0.3 is 11.9 Å². The summed E-state index contributed by atoms with van der Waals surface area (Å²) in [6.45, 7) is 6.67. The van der Waals surface area contributed by atoms with Crippen LogP contribution < -0.4 is 15.2 Å². The Morgan fingerprint density at radius 2 is 1.85 bits per heavy atom. The summed E-state index contributed by atoms with van der Waals surface area (Å²) in [6.07, 6.45) is 1.66. The van der Waals surface area contributed by atoms with E-state index in [-0.39, 0.29) is 29.1 Å². The summed E-state index contributed by atoms with van der Waals surface area (Å²) in [4.78, 5) is 37.0. The van der Waals surface area contributed by atoms with E-state index >= 15 is 0 Å². The highest BCUT2D eigenvalue weighted by molar-refractivity contribution is 6.12. The van der Waals surface area contributed by atoms with Crippen molar-refractivity contribution in [3.05, 3.63) is 58.9 Å². The van der Waals surface area contributed by atoms with Crippen LogP contribution in [0.5, 0.6) is 11.5 Å². The molecule has 3 aromatic rings. The van der Waals surface area contributed by atoms with E-state index in [1.54, 1.807) is 50.4 Å². The van der Waals surface area contributed by atoms with Gasteiger partial charge in [-0.1, -0.05) is 0 Å². The van der Waals surface area contributed by atoms with E-state index in [1.165, 1.54) is 25.3 Å². The molecule has 1 aromatic carbocycles. The topological polar surface area (TPSA) is 130 Å². The summed E-state index contributed by atoms with van der Waals surface area (Å²) < 4.78 is 18.1. The number of ether oxygens (including phenoxy) is 3. The second-order valence-corrected chi connectivity index (χ2v) is 8.41. The molecule has 0 aliphatic heterocycles. The molecule has 2 heterocycles. The van der Waals surface area contributed by atoms with Crippen LogP contribution in [0.25, 0.3) is 5.52 Å². The number of nitrogens with zero attached hydrogens (tertiary/aromatic N) is 1. The maximum atomic E-state index is 13.4. The number of carboxylic acids is 1. The van der Waals surface area contributed by atoms with Gasteiger partial charge < -0.3 is 29.5 Å². The van der Waals surface area contributed by atoms with Gasteiger partial charge in [0.05, 0.1) is 12.7 Å². The van der Waals surface area contributed by atoms with Crippen LogP contribution in [0.1, 0.15) is 52.7 Å². The maximum Gasteiger partial charge on any atom is 0.344 e. The Morgan fingerprint density at radius 3 is 2.45 bits per heavy atom. The summed E-state index contributed by atoms with van der Waals surface area (Å²) in [7, 11) is 1.47. The lowest BCUT2D eigenvalue weighted by atomic mass is 10.0. The highest BCUT2D eigenvalue weighted by atomic mass is 16.6. The van der Waals surface area contributed by atoms with E-state index in [1.807, 2.05) is 0 Å². The Balaban J connectivity index is 2.06. The number of esters is 1. The molecule has 33 heavy (non-hydrogen) atoms. The number of carboxylic acid groups (broad SMARTS) is 1. The number of pyridine rings is 1. The number of carbonyl (C=O) groups excluding carboxylic acids is 2. The third-order valence-corrected chi connectivity index (χ3v) is 4.84. The Kier molecular flexibility index (Phi) is 6.34. The molecule has 9 nitrogen and oxygen atoms in total. The van der Waals surface area contributed by atoms with Gasteiger partial charge in [-0.2, -0.15) is 0 Å². The standard InChI is InChI=1S/C24H26N2O7/c1-13-19(21(28)14-8-9-16(25)15(11-14)23(29)30)26-10-6-7-17(20(26)22(13)31-5)32-12-18(27)33-24(2,3)4/h6-11H,12,25H2,1-5H3,(H,29,30). The van der Waals surface area contributed by atoms with Gasteiger partial charge in [-0.3, -0.25) is 4.79 Å². The molecule has 0 fully saturated rings. The molecule has 0 aliphatic carbocycles. The van der Waals surface area contributed by atoms with Crippen molar-refractivity contribution in [3.8, 4) is 11.5 Å². The molecule has 0 aliphatic rings. The minimum atomic E-state index is -1.23. The first-order valence-electron chi connectivity index (χ1n) is 10.1. The van der Waals surface area contributed by atoms with Crippen LogP contribution in [0.2, 0.25) is 0 Å². The van der Waals surface area contributed by atoms with Gasteiger partial charge in [-0.15, -0.1) is 0 Å². The molecule has 9 heteroatoms. The normalized spacial score (nSPS) is 11.3. The fourth-order valence-electron chi connectivity index (χ4n) is 3.54. The summed E-state index contributed by atoms with van der Waals surface area (Å²) in [6, 6.07) is 7.42. The number of nitrogens with two attached hydrogens (primary N) is 1. The van der Waals surface area contributed by atoms with Gasteiger partial charge in [0.1, 0.15) is 22.6 Å². The number of anilines is 1. The fourth-order valence-corrected chi connectivity index (χ4v) is 3.54. The predicted octanol–water partition coefficient (Wildman–Crippen LogP) is 3.49. The molecular weight excluding hydrogens is 428 g/mol. The molecule has 3 rings (SSSR count). The molecule has 174 valence electrons. The van der Waals surface area contributed by atoms with Crippen molar-refractivity contribution in [3.63, 3.8) is 0 Å². The van der Waals surface area contributed by atoms with Gasteiger partial charge in [0, 0.05) is 23.0 Å². The first kappa shape index (κ1) is 23.6. The zero-order chi connectivity index (χ0) is 24.5. The smallest absolute Gasteiger partial charge is 0.344 e. The summed E-state index contributed by atoms with van der Waals surface area (Å²) in [5, 5.41) is 9.35. The Labute approximate surface area is 190 Å². The Bertz CT molecular complexity index is 1250. The van der Waals surface area contributed by atoms with Gasteiger partial charge in [0.25, 0.3) is 0 Å². The largest absolute Gasteiger partial charge is 0.494 e. The lowest BCUT2D eigenvalue weighted by molar-refractivity contribution is -0.157. The quantitative estimate of drug-likeness (QED) is 0.315. The number of methoxy groups -OCH3 is 1. The predicted molar refractivity (Wildman–Crippen MR) is 121 cm³/mol. The van der Waals surface area contributed by atoms with Crippen LogP contribution in [0.3, 0.4) is 0 Å². The van der Waals surface area contributed by atoms with Crippen molar-refractivity contribution in [2.24, 2.45) is 0 Å². The van der Waals surface area contributed by atoms with Crippen molar-refractivity contribution < 1.29 is 33.7 Å². The first-order valence-corrected chi connectivity index (χ1v) is 10.1. The highest BCUT2D eigenvalue weighted by Crippen LogP contribution is 2.37. The Hall–Kier alpha value is -4.01. The zero-order valence-electron chi connectivity index (χ0n) is 19.1. The number of hydrogen-bond acceptors (Lipinski definition) is 7.